The lowest BCUT2D eigenvalue weighted by molar-refractivity contribution is 0.472. The van der Waals surface area contributed by atoms with E-state index in [1.54, 1.807) is 10.9 Å². The molecule has 1 saturated heterocycles. The molecule has 4 aromatic heterocycles. The summed E-state index contributed by atoms with van der Waals surface area (Å²) in [6, 6.07) is 7.62. The van der Waals surface area contributed by atoms with E-state index < -0.39 is 0 Å². The highest BCUT2D eigenvalue weighted by molar-refractivity contribution is 5.40. The van der Waals surface area contributed by atoms with Gasteiger partial charge >= 0.3 is 0 Å². The topological polar surface area (TPSA) is 89.9 Å². The summed E-state index contributed by atoms with van der Waals surface area (Å²) in [4.78, 5) is 11.2. The summed E-state index contributed by atoms with van der Waals surface area (Å²) in [6.07, 6.45) is 7.36. The fourth-order valence-electron chi connectivity index (χ4n) is 3.50. The van der Waals surface area contributed by atoms with Crippen LogP contribution in [0.4, 0.5) is 5.95 Å². The first kappa shape index (κ1) is 15.9. The third kappa shape index (κ3) is 2.90. The summed E-state index contributed by atoms with van der Waals surface area (Å²) in [5.74, 6) is 2.77. The number of aromatic nitrogens is 8. The zero-order valence-electron chi connectivity index (χ0n) is 15.0. The molecule has 27 heavy (non-hydrogen) atoms. The van der Waals surface area contributed by atoms with Crippen molar-refractivity contribution in [2.24, 2.45) is 0 Å². The average Bonchev–Trinajstić information content (AvgIpc) is 3.38. The van der Waals surface area contributed by atoms with Crippen LogP contribution in [0, 0.1) is 6.92 Å². The standard InChI is InChI=1S/C18H19N9/c1-13-5-9-19-18(21-13)25-11-6-14(7-12-25)17-23-22-15-3-4-16(24-27(15)17)26-10-2-8-20-26/h2-5,8-10,14H,6-7,11-12H2,1H3. The van der Waals surface area contributed by atoms with E-state index in [-0.39, 0.29) is 0 Å². The van der Waals surface area contributed by atoms with E-state index >= 15 is 0 Å². The summed E-state index contributed by atoms with van der Waals surface area (Å²) in [5.41, 5.74) is 1.74. The maximum atomic E-state index is 4.70. The van der Waals surface area contributed by atoms with Crippen molar-refractivity contribution in [2.75, 3.05) is 18.0 Å². The number of hydrogen-bond acceptors (Lipinski definition) is 7. The van der Waals surface area contributed by atoms with Gasteiger partial charge in [0, 0.05) is 43.3 Å². The largest absolute Gasteiger partial charge is 0.341 e. The Morgan fingerprint density at radius 3 is 2.70 bits per heavy atom. The van der Waals surface area contributed by atoms with E-state index in [2.05, 4.69) is 30.2 Å². The molecule has 5 heterocycles. The smallest absolute Gasteiger partial charge is 0.225 e. The molecule has 5 rings (SSSR count). The van der Waals surface area contributed by atoms with Crippen molar-refractivity contribution in [3.8, 4) is 5.82 Å². The Balaban J connectivity index is 1.39. The Morgan fingerprint density at radius 2 is 1.93 bits per heavy atom. The highest BCUT2D eigenvalue weighted by atomic mass is 15.4. The molecule has 0 aromatic carbocycles. The van der Waals surface area contributed by atoms with E-state index in [1.807, 2.05) is 48.1 Å². The number of nitrogens with zero attached hydrogens (tertiary/aromatic N) is 9. The third-order valence-corrected chi connectivity index (χ3v) is 4.94. The van der Waals surface area contributed by atoms with Crippen LogP contribution in [0.1, 0.15) is 30.3 Å². The summed E-state index contributed by atoms with van der Waals surface area (Å²) in [7, 11) is 0. The van der Waals surface area contributed by atoms with Crippen LogP contribution < -0.4 is 4.90 Å². The summed E-state index contributed by atoms with van der Waals surface area (Å²) < 4.78 is 3.58. The third-order valence-electron chi connectivity index (χ3n) is 4.94. The van der Waals surface area contributed by atoms with Crippen LogP contribution in [0.2, 0.25) is 0 Å². The van der Waals surface area contributed by atoms with Crippen molar-refractivity contribution in [3.05, 3.63) is 54.4 Å². The molecule has 0 radical (unpaired) electrons. The van der Waals surface area contributed by atoms with Gasteiger partial charge in [-0.2, -0.15) is 9.61 Å². The number of fused-ring (bicyclic) bond motifs is 1. The van der Waals surface area contributed by atoms with Gasteiger partial charge in [0.1, 0.15) is 0 Å². The van der Waals surface area contributed by atoms with Gasteiger partial charge in [0.15, 0.2) is 17.3 Å². The predicted octanol–water partition coefficient (Wildman–Crippen LogP) is 1.79. The lowest BCUT2D eigenvalue weighted by atomic mass is 9.96. The molecule has 9 heteroatoms. The van der Waals surface area contributed by atoms with Gasteiger partial charge in [-0.1, -0.05) is 0 Å². The fourth-order valence-corrected chi connectivity index (χ4v) is 3.50. The Bertz CT molecular complexity index is 1060. The molecule has 1 fully saturated rings. The van der Waals surface area contributed by atoms with Crippen LogP contribution in [-0.2, 0) is 0 Å². The maximum absolute atomic E-state index is 4.70. The molecule has 0 aliphatic carbocycles. The van der Waals surface area contributed by atoms with Crippen LogP contribution in [0.15, 0.2) is 42.9 Å². The van der Waals surface area contributed by atoms with Crippen LogP contribution in [0.3, 0.4) is 0 Å². The molecule has 0 unspecified atom stereocenters. The van der Waals surface area contributed by atoms with E-state index in [0.717, 1.165) is 54.9 Å². The molecule has 0 amide bonds. The minimum absolute atomic E-state index is 0.307. The van der Waals surface area contributed by atoms with Gasteiger partial charge in [-0.15, -0.1) is 15.3 Å². The van der Waals surface area contributed by atoms with Gasteiger partial charge in [0.05, 0.1) is 0 Å². The van der Waals surface area contributed by atoms with E-state index in [0.29, 0.717) is 5.92 Å². The zero-order chi connectivity index (χ0) is 18.2. The van der Waals surface area contributed by atoms with E-state index in [4.69, 9.17) is 5.10 Å². The second kappa shape index (κ2) is 6.42. The number of hydrogen-bond donors (Lipinski definition) is 0. The van der Waals surface area contributed by atoms with E-state index in [1.165, 1.54) is 0 Å². The Kier molecular flexibility index (Phi) is 3.77. The molecule has 0 spiro atoms. The normalized spacial score (nSPS) is 15.5. The predicted molar refractivity (Wildman–Crippen MR) is 98.9 cm³/mol. The second-order valence-electron chi connectivity index (χ2n) is 6.73. The molecular weight excluding hydrogens is 342 g/mol. The number of piperidine rings is 1. The summed E-state index contributed by atoms with van der Waals surface area (Å²) in [6.45, 7) is 3.77. The Labute approximate surface area is 155 Å². The number of aryl methyl sites for hydroxylation is 1. The van der Waals surface area contributed by atoms with Gasteiger partial charge in [0.25, 0.3) is 0 Å². The minimum atomic E-state index is 0.307. The van der Waals surface area contributed by atoms with Crippen LogP contribution in [0.5, 0.6) is 0 Å². The van der Waals surface area contributed by atoms with E-state index in [9.17, 15) is 0 Å². The SMILES string of the molecule is Cc1ccnc(N2CCC(c3nnc4ccc(-n5cccn5)nn34)CC2)n1. The Morgan fingerprint density at radius 1 is 1.04 bits per heavy atom. The second-order valence-corrected chi connectivity index (χ2v) is 6.73. The Hall–Kier alpha value is -3.36. The maximum Gasteiger partial charge on any atom is 0.225 e. The van der Waals surface area contributed by atoms with Gasteiger partial charge < -0.3 is 4.90 Å². The molecular formula is C18H19N9. The highest BCUT2D eigenvalue weighted by Gasteiger charge is 2.26. The van der Waals surface area contributed by atoms with Gasteiger partial charge in [-0.3, -0.25) is 0 Å². The molecule has 9 nitrogen and oxygen atoms in total. The van der Waals surface area contributed by atoms with Gasteiger partial charge in [0.2, 0.25) is 5.95 Å². The lowest BCUT2D eigenvalue weighted by Crippen LogP contribution is -2.34. The van der Waals surface area contributed by atoms with Crippen LogP contribution >= 0.6 is 0 Å². The first-order valence-electron chi connectivity index (χ1n) is 9.05. The first-order valence-corrected chi connectivity index (χ1v) is 9.05. The van der Waals surface area contributed by atoms with Crippen LogP contribution in [0.25, 0.3) is 11.5 Å². The van der Waals surface area contributed by atoms with Gasteiger partial charge in [-0.25, -0.2) is 14.6 Å². The summed E-state index contributed by atoms with van der Waals surface area (Å²) in [5, 5.41) is 17.7. The minimum Gasteiger partial charge on any atom is -0.341 e. The fraction of sp³-hybridized carbons (Fsp3) is 0.333. The molecule has 1 aliphatic heterocycles. The van der Waals surface area contributed by atoms with Crippen molar-refractivity contribution in [3.63, 3.8) is 0 Å². The van der Waals surface area contributed by atoms with Crippen LogP contribution in [-0.4, -0.2) is 52.6 Å². The van der Waals surface area contributed by atoms with Crippen molar-refractivity contribution in [1.82, 2.24) is 39.6 Å². The highest BCUT2D eigenvalue weighted by Crippen LogP contribution is 2.28. The van der Waals surface area contributed by atoms with Gasteiger partial charge in [-0.05, 0) is 44.0 Å². The first-order chi connectivity index (χ1) is 13.3. The van der Waals surface area contributed by atoms with Crippen molar-refractivity contribution in [1.29, 1.82) is 0 Å². The quantitative estimate of drug-likeness (QED) is 0.549. The molecule has 0 saturated carbocycles. The molecule has 1 aliphatic rings. The van der Waals surface area contributed by atoms with Crippen molar-refractivity contribution in [2.45, 2.75) is 25.7 Å². The molecule has 4 aromatic rings. The zero-order valence-corrected chi connectivity index (χ0v) is 15.0. The van der Waals surface area contributed by atoms with Crippen molar-refractivity contribution < 1.29 is 0 Å². The average molecular weight is 361 g/mol. The van der Waals surface area contributed by atoms with Crippen molar-refractivity contribution >= 4 is 11.6 Å². The summed E-state index contributed by atoms with van der Waals surface area (Å²) >= 11 is 0. The molecule has 0 N–H and O–H groups in total. The lowest BCUT2D eigenvalue weighted by Gasteiger charge is -2.31. The molecule has 0 atom stereocenters. The monoisotopic (exact) mass is 361 g/mol. The molecule has 136 valence electrons. The molecule has 0 bridgehead atoms. The number of anilines is 1. The number of rotatable bonds is 3.